The van der Waals surface area contributed by atoms with Crippen LogP contribution in [-0.4, -0.2) is 46.9 Å². The number of fused-ring (bicyclic) bond motifs is 1. The number of halogens is 1. The molecule has 0 aliphatic carbocycles. The van der Waals surface area contributed by atoms with Crippen LogP contribution in [0.4, 0.5) is 15.8 Å². The van der Waals surface area contributed by atoms with Gasteiger partial charge in [0.15, 0.2) is 0 Å². The third-order valence-corrected chi connectivity index (χ3v) is 6.60. The number of rotatable bonds is 4. The van der Waals surface area contributed by atoms with Gasteiger partial charge in [-0.1, -0.05) is 32.0 Å². The molecule has 0 radical (unpaired) electrons. The zero-order valence-electron chi connectivity index (χ0n) is 18.4. The fourth-order valence-corrected chi connectivity index (χ4v) is 5.00. The Morgan fingerprint density at radius 3 is 2.62 bits per heavy atom. The molecular formula is C23H28FN3O4S. The van der Waals surface area contributed by atoms with Crippen LogP contribution < -0.4 is 14.9 Å². The summed E-state index contributed by atoms with van der Waals surface area (Å²) in [6, 6.07) is 10.2. The average molecular weight is 462 g/mol. The van der Waals surface area contributed by atoms with Crippen LogP contribution in [0, 0.1) is 11.2 Å². The largest absolute Gasteiger partial charge is 0.378 e. The van der Waals surface area contributed by atoms with Gasteiger partial charge in [0.2, 0.25) is 10.0 Å². The van der Waals surface area contributed by atoms with Gasteiger partial charge in [-0.2, -0.15) is 0 Å². The van der Waals surface area contributed by atoms with Gasteiger partial charge in [-0.15, -0.1) is 0 Å². The molecule has 2 aliphatic rings. The van der Waals surface area contributed by atoms with Crippen molar-refractivity contribution in [3.63, 3.8) is 0 Å². The number of carbonyl (C=O) groups excluding carboxylic acids is 1. The van der Waals surface area contributed by atoms with E-state index in [1.165, 1.54) is 6.07 Å². The van der Waals surface area contributed by atoms with Gasteiger partial charge >= 0.3 is 0 Å². The molecule has 1 atom stereocenters. The average Bonchev–Trinajstić information content (AvgIpc) is 2.72. The van der Waals surface area contributed by atoms with Gasteiger partial charge in [-0.25, -0.2) is 17.5 Å². The first-order chi connectivity index (χ1) is 15.0. The summed E-state index contributed by atoms with van der Waals surface area (Å²) < 4.78 is 45.3. The van der Waals surface area contributed by atoms with Crippen molar-refractivity contribution in [2.75, 3.05) is 42.8 Å². The molecule has 1 fully saturated rings. The zero-order valence-corrected chi connectivity index (χ0v) is 19.3. The fraction of sp³-hybridized carbons (Fsp3) is 0.435. The smallest absolute Gasteiger partial charge is 0.266 e. The van der Waals surface area contributed by atoms with Gasteiger partial charge in [-0.3, -0.25) is 4.79 Å². The fourth-order valence-electron chi connectivity index (χ4n) is 4.55. The first-order valence-corrected chi connectivity index (χ1v) is 12.5. The predicted octanol–water partition coefficient (Wildman–Crippen LogP) is 3.09. The SMILES string of the molecule is CC1(C)Cc2cccc(C(=O)NS(C)(=O)=O)c2NC1c1ccc(F)c(N2CCOCC2)c1. The van der Waals surface area contributed by atoms with Crippen molar-refractivity contribution in [3.8, 4) is 0 Å². The highest BCUT2D eigenvalue weighted by atomic mass is 32.2. The highest BCUT2D eigenvalue weighted by molar-refractivity contribution is 7.89. The van der Waals surface area contributed by atoms with Crippen molar-refractivity contribution < 1.29 is 22.3 Å². The number of anilines is 2. The van der Waals surface area contributed by atoms with Crippen molar-refractivity contribution in [1.82, 2.24) is 4.72 Å². The topological polar surface area (TPSA) is 87.7 Å². The molecule has 1 amide bonds. The highest BCUT2D eigenvalue weighted by Crippen LogP contribution is 2.46. The van der Waals surface area contributed by atoms with Gasteiger partial charge in [0.05, 0.1) is 42.4 Å². The number of amides is 1. The maximum absolute atomic E-state index is 14.7. The standard InChI is InChI=1S/C23H28FN3O4S/c1-23(2)14-16-5-4-6-17(22(28)26-32(3,29)30)20(16)25-21(23)15-7-8-18(24)19(13-15)27-9-11-31-12-10-27/h4-8,13,21,25H,9-12,14H2,1-3H3,(H,26,28). The normalized spacial score (nSPS) is 20.2. The number of nitrogens with zero attached hydrogens (tertiary/aromatic N) is 1. The molecule has 0 saturated carbocycles. The maximum Gasteiger partial charge on any atom is 0.266 e. The molecule has 9 heteroatoms. The number of ether oxygens (including phenoxy) is 1. The minimum Gasteiger partial charge on any atom is -0.378 e. The van der Waals surface area contributed by atoms with Crippen molar-refractivity contribution >= 4 is 27.3 Å². The van der Waals surface area contributed by atoms with Gasteiger partial charge in [0, 0.05) is 13.1 Å². The molecule has 0 aromatic heterocycles. The highest BCUT2D eigenvalue weighted by Gasteiger charge is 2.38. The number of para-hydroxylation sites is 1. The van der Waals surface area contributed by atoms with Crippen LogP contribution in [0.2, 0.25) is 0 Å². The van der Waals surface area contributed by atoms with E-state index in [0.717, 1.165) is 17.4 Å². The lowest BCUT2D eigenvalue weighted by atomic mass is 9.72. The summed E-state index contributed by atoms with van der Waals surface area (Å²) in [4.78, 5) is 14.6. The molecule has 4 rings (SSSR count). The van der Waals surface area contributed by atoms with Gasteiger partial charge < -0.3 is 15.0 Å². The van der Waals surface area contributed by atoms with E-state index in [1.807, 2.05) is 21.8 Å². The molecule has 32 heavy (non-hydrogen) atoms. The lowest BCUT2D eigenvalue weighted by Crippen LogP contribution is -2.38. The molecule has 1 unspecified atom stereocenters. The predicted molar refractivity (Wildman–Crippen MR) is 122 cm³/mol. The number of hydrogen-bond acceptors (Lipinski definition) is 6. The van der Waals surface area contributed by atoms with E-state index in [-0.39, 0.29) is 22.8 Å². The minimum absolute atomic E-state index is 0.206. The Morgan fingerprint density at radius 1 is 1.22 bits per heavy atom. The van der Waals surface area contributed by atoms with Crippen molar-refractivity contribution in [2.24, 2.45) is 5.41 Å². The molecule has 172 valence electrons. The quantitative estimate of drug-likeness (QED) is 0.728. The molecule has 2 aromatic rings. The summed E-state index contributed by atoms with van der Waals surface area (Å²) in [7, 11) is -3.69. The summed E-state index contributed by atoms with van der Waals surface area (Å²) in [6.45, 7) is 6.61. The van der Waals surface area contributed by atoms with Crippen LogP contribution in [0.25, 0.3) is 0 Å². The summed E-state index contributed by atoms with van der Waals surface area (Å²) in [6.07, 6.45) is 1.62. The Hall–Kier alpha value is -2.65. The van der Waals surface area contributed by atoms with Gasteiger partial charge in [0.25, 0.3) is 5.91 Å². The van der Waals surface area contributed by atoms with E-state index < -0.39 is 15.9 Å². The summed E-state index contributed by atoms with van der Waals surface area (Å²) in [5.41, 5.74) is 3.01. The zero-order chi connectivity index (χ0) is 23.1. The van der Waals surface area contributed by atoms with E-state index in [0.29, 0.717) is 44.1 Å². The minimum atomic E-state index is -3.69. The molecule has 0 spiro atoms. The molecule has 2 aromatic carbocycles. The van der Waals surface area contributed by atoms with E-state index in [9.17, 15) is 17.6 Å². The van der Waals surface area contributed by atoms with Crippen LogP contribution in [-0.2, 0) is 21.2 Å². The number of nitrogens with one attached hydrogen (secondary N) is 2. The molecule has 2 N–H and O–H groups in total. The number of carbonyl (C=O) groups is 1. The Kier molecular flexibility index (Phi) is 5.89. The summed E-state index contributed by atoms with van der Waals surface area (Å²) >= 11 is 0. The van der Waals surface area contributed by atoms with Crippen LogP contribution in [0.15, 0.2) is 36.4 Å². The Bertz CT molecular complexity index is 1140. The van der Waals surface area contributed by atoms with Crippen LogP contribution in [0.3, 0.4) is 0 Å². The van der Waals surface area contributed by atoms with E-state index in [4.69, 9.17) is 4.74 Å². The number of benzene rings is 2. The second-order valence-corrected chi connectivity index (χ2v) is 10.8. The Labute approximate surface area is 188 Å². The third-order valence-electron chi connectivity index (χ3n) is 6.04. The second-order valence-electron chi connectivity index (χ2n) is 9.10. The Morgan fingerprint density at radius 2 is 1.94 bits per heavy atom. The number of hydrogen-bond donors (Lipinski definition) is 2. The number of morpholine rings is 1. The molecule has 0 bridgehead atoms. The third kappa shape index (κ3) is 4.59. The maximum atomic E-state index is 14.7. The van der Waals surface area contributed by atoms with E-state index in [1.54, 1.807) is 18.2 Å². The monoisotopic (exact) mass is 461 g/mol. The molecule has 7 nitrogen and oxygen atoms in total. The van der Waals surface area contributed by atoms with Crippen LogP contribution in [0.1, 0.15) is 41.4 Å². The van der Waals surface area contributed by atoms with E-state index >= 15 is 0 Å². The van der Waals surface area contributed by atoms with Crippen LogP contribution >= 0.6 is 0 Å². The first-order valence-electron chi connectivity index (χ1n) is 10.6. The molecule has 1 saturated heterocycles. The van der Waals surface area contributed by atoms with E-state index in [2.05, 4.69) is 19.2 Å². The lowest BCUT2D eigenvalue weighted by molar-refractivity contribution is 0.0981. The Balaban J connectivity index is 1.72. The molecule has 2 heterocycles. The summed E-state index contributed by atoms with van der Waals surface area (Å²) in [5, 5.41) is 3.47. The second kappa shape index (κ2) is 8.37. The van der Waals surface area contributed by atoms with Gasteiger partial charge in [-0.05, 0) is 41.2 Å². The van der Waals surface area contributed by atoms with Gasteiger partial charge in [0.1, 0.15) is 5.82 Å². The van der Waals surface area contributed by atoms with Crippen LogP contribution in [0.5, 0.6) is 0 Å². The lowest BCUT2D eigenvalue weighted by Gasteiger charge is -2.42. The van der Waals surface area contributed by atoms with Crippen molar-refractivity contribution in [1.29, 1.82) is 0 Å². The summed E-state index contributed by atoms with van der Waals surface area (Å²) in [5.74, 6) is -0.957. The number of sulfonamides is 1. The van der Waals surface area contributed by atoms with Crippen molar-refractivity contribution in [2.45, 2.75) is 26.3 Å². The molecule has 2 aliphatic heterocycles. The van der Waals surface area contributed by atoms with Crippen molar-refractivity contribution in [3.05, 3.63) is 58.9 Å². The first kappa shape index (κ1) is 22.5. The molecular weight excluding hydrogens is 433 g/mol.